The second-order valence-corrected chi connectivity index (χ2v) is 6.90. The Balaban J connectivity index is 1.51. The average Bonchev–Trinajstić information content (AvgIpc) is 3.32. The van der Waals surface area contributed by atoms with E-state index in [0.29, 0.717) is 17.5 Å². The molecule has 0 saturated carbocycles. The summed E-state index contributed by atoms with van der Waals surface area (Å²) >= 11 is 1.35. The molecular formula is C16H16N6O2S. The number of H-pyrrole nitrogens is 1. The first kappa shape index (κ1) is 15.7. The van der Waals surface area contributed by atoms with Crippen molar-refractivity contribution in [1.82, 2.24) is 20.4 Å². The molecule has 1 atom stereocenters. The zero-order valence-electron chi connectivity index (χ0n) is 13.5. The van der Waals surface area contributed by atoms with Crippen molar-refractivity contribution >= 4 is 45.0 Å². The third kappa shape index (κ3) is 2.86. The molecule has 1 fully saturated rings. The highest BCUT2D eigenvalue weighted by atomic mass is 32.1. The number of carbonyl (C=O) groups is 2. The molecule has 1 saturated heterocycles. The Morgan fingerprint density at radius 3 is 3.04 bits per heavy atom. The van der Waals surface area contributed by atoms with Gasteiger partial charge in [-0.2, -0.15) is 5.10 Å². The number of amides is 2. The van der Waals surface area contributed by atoms with Gasteiger partial charge in [-0.15, -0.1) is 10.2 Å². The number of anilines is 2. The first-order chi connectivity index (χ1) is 12.2. The highest BCUT2D eigenvalue weighted by Gasteiger charge is 2.37. The fraction of sp³-hybridized carbons (Fsp3) is 0.312. The van der Waals surface area contributed by atoms with Crippen LogP contribution in [-0.2, 0) is 16.0 Å². The first-order valence-electron chi connectivity index (χ1n) is 8.02. The molecule has 4 rings (SSSR count). The molecule has 9 heteroatoms. The van der Waals surface area contributed by atoms with Gasteiger partial charge in [0, 0.05) is 18.4 Å². The topological polar surface area (TPSA) is 104 Å². The minimum Gasteiger partial charge on any atom is -0.300 e. The normalized spacial score (nSPS) is 17.4. The van der Waals surface area contributed by atoms with Crippen LogP contribution in [0.25, 0.3) is 10.9 Å². The molecule has 0 radical (unpaired) electrons. The molecule has 0 unspecified atom stereocenters. The number of carbonyl (C=O) groups excluding carboxylic acids is 2. The number of nitrogens with one attached hydrogen (secondary N) is 2. The summed E-state index contributed by atoms with van der Waals surface area (Å²) in [5, 5.41) is 20.1. The third-order valence-electron chi connectivity index (χ3n) is 4.20. The fourth-order valence-corrected chi connectivity index (χ4v) is 3.58. The van der Waals surface area contributed by atoms with Gasteiger partial charge in [0.25, 0.3) is 0 Å². The second kappa shape index (κ2) is 6.25. The number of hydrogen-bond acceptors (Lipinski definition) is 6. The van der Waals surface area contributed by atoms with E-state index in [1.165, 1.54) is 11.3 Å². The molecule has 2 aromatic heterocycles. The lowest BCUT2D eigenvalue weighted by Crippen LogP contribution is -2.28. The Labute approximate surface area is 147 Å². The van der Waals surface area contributed by atoms with Crippen LogP contribution in [0.3, 0.4) is 0 Å². The molecule has 128 valence electrons. The van der Waals surface area contributed by atoms with E-state index in [0.717, 1.165) is 22.3 Å². The van der Waals surface area contributed by atoms with E-state index in [9.17, 15) is 9.59 Å². The molecule has 3 aromatic rings. The number of nitrogens with zero attached hydrogens (tertiary/aromatic N) is 4. The summed E-state index contributed by atoms with van der Waals surface area (Å²) < 4.78 is 0. The molecule has 8 nitrogen and oxygen atoms in total. The van der Waals surface area contributed by atoms with Crippen LogP contribution in [0.2, 0.25) is 0 Å². The van der Waals surface area contributed by atoms with Crippen molar-refractivity contribution in [3.8, 4) is 0 Å². The van der Waals surface area contributed by atoms with Crippen molar-refractivity contribution in [3.05, 3.63) is 29.3 Å². The highest BCUT2D eigenvalue weighted by Crippen LogP contribution is 2.30. The minimum atomic E-state index is -0.433. The lowest BCUT2D eigenvalue weighted by Gasteiger charge is -2.13. The van der Waals surface area contributed by atoms with Crippen molar-refractivity contribution in [2.24, 2.45) is 5.92 Å². The number of para-hydroxylation sites is 1. The van der Waals surface area contributed by atoms with Crippen molar-refractivity contribution in [2.45, 2.75) is 19.8 Å². The predicted octanol–water partition coefficient (Wildman–Crippen LogP) is 1.97. The molecule has 2 amide bonds. The van der Waals surface area contributed by atoms with Gasteiger partial charge in [0.2, 0.25) is 16.9 Å². The summed E-state index contributed by atoms with van der Waals surface area (Å²) in [5.41, 5.74) is 0.860. The quantitative estimate of drug-likeness (QED) is 0.744. The Kier molecular flexibility index (Phi) is 3.92. The summed E-state index contributed by atoms with van der Waals surface area (Å²) in [5.74, 6) is -0.185. The maximum absolute atomic E-state index is 12.5. The number of aromatic nitrogens is 4. The molecule has 3 heterocycles. The van der Waals surface area contributed by atoms with Crippen LogP contribution < -0.4 is 10.2 Å². The third-order valence-corrected chi connectivity index (χ3v) is 5.18. The van der Waals surface area contributed by atoms with Crippen molar-refractivity contribution in [2.75, 3.05) is 16.8 Å². The van der Waals surface area contributed by atoms with Gasteiger partial charge in [0.15, 0.2) is 5.82 Å². The average molecular weight is 356 g/mol. The lowest BCUT2D eigenvalue weighted by atomic mass is 10.1. The first-order valence-corrected chi connectivity index (χ1v) is 8.84. The van der Waals surface area contributed by atoms with Crippen LogP contribution >= 0.6 is 11.3 Å². The Hall–Kier alpha value is -2.81. The monoisotopic (exact) mass is 356 g/mol. The zero-order valence-corrected chi connectivity index (χ0v) is 14.3. The number of fused-ring (bicyclic) bond motifs is 1. The van der Waals surface area contributed by atoms with Crippen LogP contribution in [0.5, 0.6) is 0 Å². The summed E-state index contributed by atoms with van der Waals surface area (Å²) in [7, 11) is 0. The molecule has 0 aliphatic carbocycles. The maximum Gasteiger partial charge on any atom is 0.231 e. The summed E-state index contributed by atoms with van der Waals surface area (Å²) in [6.07, 6.45) is 0.932. The largest absolute Gasteiger partial charge is 0.300 e. The van der Waals surface area contributed by atoms with E-state index in [1.807, 2.05) is 31.2 Å². The van der Waals surface area contributed by atoms with Gasteiger partial charge >= 0.3 is 0 Å². The zero-order chi connectivity index (χ0) is 17.4. The van der Waals surface area contributed by atoms with Gasteiger partial charge in [-0.25, -0.2) is 0 Å². The van der Waals surface area contributed by atoms with E-state index in [1.54, 1.807) is 4.90 Å². The summed E-state index contributed by atoms with van der Waals surface area (Å²) in [6.45, 7) is 2.28. The highest BCUT2D eigenvalue weighted by molar-refractivity contribution is 7.15. The van der Waals surface area contributed by atoms with Crippen molar-refractivity contribution in [3.63, 3.8) is 0 Å². The summed E-state index contributed by atoms with van der Waals surface area (Å²) in [4.78, 5) is 26.4. The van der Waals surface area contributed by atoms with Crippen LogP contribution in [0.4, 0.5) is 10.9 Å². The Bertz CT molecular complexity index is 949. The van der Waals surface area contributed by atoms with E-state index in [4.69, 9.17) is 0 Å². The van der Waals surface area contributed by atoms with E-state index in [2.05, 4.69) is 25.7 Å². The van der Waals surface area contributed by atoms with E-state index in [-0.39, 0.29) is 18.2 Å². The van der Waals surface area contributed by atoms with Gasteiger partial charge in [0.1, 0.15) is 5.01 Å². The van der Waals surface area contributed by atoms with Gasteiger partial charge in [-0.3, -0.25) is 19.6 Å². The molecule has 0 spiro atoms. The minimum absolute atomic E-state index is 0.107. The van der Waals surface area contributed by atoms with Gasteiger partial charge in [-0.1, -0.05) is 30.4 Å². The Morgan fingerprint density at radius 1 is 1.40 bits per heavy atom. The number of aromatic amines is 1. The van der Waals surface area contributed by atoms with Crippen LogP contribution in [-0.4, -0.2) is 38.8 Å². The van der Waals surface area contributed by atoms with E-state index >= 15 is 0 Å². The molecule has 0 bridgehead atoms. The van der Waals surface area contributed by atoms with E-state index < -0.39 is 5.92 Å². The number of hydrogen-bond donors (Lipinski definition) is 2. The molecule has 25 heavy (non-hydrogen) atoms. The van der Waals surface area contributed by atoms with Crippen LogP contribution in [0.15, 0.2) is 24.3 Å². The molecular weight excluding hydrogens is 340 g/mol. The number of rotatable bonds is 4. The molecule has 1 aromatic carbocycles. The molecule has 1 aliphatic rings. The van der Waals surface area contributed by atoms with Gasteiger partial charge in [0.05, 0.1) is 11.4 Å². The van der Waals surface area contributed by atoms with Gasteiger partial charge < -0.3 is 5.32 Å². The van der Waals surface area contributed by atoms with Crippen molar-refractivity contribution < 1.29 is 9.59 Å². The fourth-order valence-electron chi connectivity index (χ4n) is 2.90. The van der Waals surface area contributed by atoms with Crippen molar-refractivity contribution in [1.29, 1.82) is 0 Å². The summed E-state index contributed by atoms with van der Waals surface area (Å²) in [6, 6.07) is 7.60. The molecule has 2 N–H and O–H groups in total. The second-order valence-electron chi connectivity index (χ2n) is 5.84. The standard InChI is InChI=1S/C16H16N6O2S/c1-2-12-19-21-16(25-12)17-15(24)9-7-13(23)22(8-9)14-10-5-3-4-6-11(10)18-20-14/h3-6,9H,2,7-8H2,1H3,(H,18,20)(H,17,21,24)/t9-/m1/s1. The maximum atomic E-state index is 12.5. The predicted molar refractivity (Wildman–Crippen MR) is 94.5 cm³/mol. The van der Waals surface area contributed by atoms with Crippen LogP contribution in [0.1, 0.15) is 18.4 Å². The lowest BCUT2D eigenvalue weighted by molar-refractivity contribution is -0.122. The molecule has 1 aliphatic heterocycles. The Morgan fingerprint density at radius 2 is 2.24 bits per heavy atom. The smallest absolute Gasteiger partial charge is 0.231 e. The van der Waals surface area contributed by atoms with Gasteiger partial charge in [-0.05, 0) is 18.6 Å². The van der Waals surface area contributed by atoms with Crippen LogP contribution in [0, 0.1) is 5.92 Å². The number of benzene rings is 1. The number of aryl methyl sites for hydroxylation is 1. The SMILES string of the molecule is CCc1nnc(NC(=O)[C@@H]2CC(=O)N(c3n[nH]c4ccccc34)C2)s1.